The Labute approximate surface area is 105 Å². The van der Waals surface area contributed by atoms with Gasteiger partial charge in [0.1, 0.15) is 11.9 Å². The van der Waals surface area contributed by atoms with E-state index in [4.69, 9.17) is 4.74 Å². The van der Waals surface area contributed by atoms with Crippen LogP contribution >= 0.6 is 0 Å². The average Bonchev–Trinajstić information content (AvgIpc) is 2.34. The fraction of sp³-hybridized carbons (Fsp3) is 0.286. The van der Waals surface area contributed by atoms with E-state index >= 15 is 0 Å². The molecule has 0 saturated heterocycles. The van der Waals surface area contributed by atoms with Gasteiger partial charge in [0, 0.05) is 5.39 Å². The van der Waals surface area contributed by atoms with Crippen molar-refractivity contribution in [2.75, 3.05) is 5.32 Å². The molecule has 1 N–H and O–H groups in total. The second-order valence-corrected chi connectivity index (χ2v) is 4.47. The van der Waals surface area contributed by atoms with Crippen molar-refractivity contribution in [3.63, 3.8) is 0 Å². The summed E-state index contributed by atoms with van der Waals surface area (Å²) in [5.74, 6) is 0.526. The number of hydrogen-bond acceptors (Lipinski definition) is 3. The van der Waals surface area contributed by atoms with Gasteiger partial charge in [-0.2, -0.15) is 0 Å². The van der Waals surface area contributed by atoms with Crippen molar-refractivity contribution >= 4 is 22.8 Å². The number of anilines is 1. The number of pyridine rings is 1. The number of ether oxygens (including phenoxy) is 1. The quantitative estimate of drug-likeness (QED) is 0.878. The lowest BCUT2D eigenvalue weighted by molar-refractivity contribution is 0.0623. The molecule has 1 aliphatic rings. The number of fused-ring (bicyclic) bond motifs is 1. The lowest BCUT2D eigenvalue weighted by atomic mass is 9.96. The van der Waals surface area contributed by atoms with Gasteiger partial charge in [-0.25, -0.2) is 9.78 Å². The van der Waals surface area contributed by atoms with Crippen LogP contribution in [0.5, 0.6) is 0 Å². The third kappa shape index (κ3) is 2.27. The fourth-order valence-corrected chi connectivity index (χ4v) is 1.91. The predicted octanol–water partition coefficient (Wildman–Crippen LogP) is 3.34. The van der Waals surface area contributed by atoms with Gasteiger partial charge in [0.2, 0.25) is 0 Å². The molecule has 92 valence electrons. The van der Waals surface area contributed by atoms with E-state index in [0.717, 1.165) is 30.2 Å². The van der Waals surface area contributed by atoms with Gasteiger partial charge >= 0.3 is 6.09 Å². The predicted molar refractivity (Wildman–Crippen MR) is 69.5 cm³/mol. The van der Waals surface area contributed by atoms with Crippen LogP contribution in [-0.2, 0) is 4.74 Å². The van der Waals surface area contributed by atoms with Crippen LogP contribution < -0.4 is 5.32 Å². The molecule has 0 aliphatic heterocycles. The zero-order chi connectivity index (χ0) is 12.4. The number of nitrogens with zero attached hydrogens (tertiary/aromatic N) is 1. The smallest absolute Gasteiger partial charge is 0.413 e. The lowest BCUT2D eigenvalue weighted by Gasteiger charge is -2.24. The number of benzene rings is 1. The maximum atomic E-state index is 11.6. The number of nitrogens with one attached hydrogen (secondary N) is 1. The first-order valence-electron chi connectivity index (χ1n) is 6.15. The number of rotatable bonds is 2. The van der Waals surface area contributed by atoms with Crippen LogP contribution in [0.4, 0.5) is 10.6 Å². The van der Waals surface area contributed by atoms with Crippen LogP contribution in [0.25, 0.3) is 10.9 Å². The number of carbonyl (C=O) groups is 1. The van der Waals surface area contributed by atoms with Gasteiger partial charge in [-0.05, 0) is 37.5 Å². The number of aromatic nitrogens is 1. The standard InChI is InChI=1S/C14H14N2O2/c17-14(18-11-5-3-6-11)16-13-9-8-10-4-1-2-7-12(10)15-13/h1-2,4,7-9,11H,3,5-6H2,(H,15,16,17). The molecule has 0 spiro atoms. The molecule has 1 fully saturated rings. The molecule has 1 aliphatic carbocycles. The molecule has 0 bridgehead atoms. The van der Waals surface area contributed by atoms with E-state index in [9.17, 15) is 4.79 Å². The van der Waals surface area contributed by atoms with E-state index in [1.807, 2.05) is 30.3 Å². The van der Waals surface area contributed by atoms with Crippen LogP contribution in [0.3, 0.4) is 0 Å². The van der Waals surface area contributed by atoms with Crippen molar-refractivity contribution < 1.29 is 9.53 Å². The second-order valence-electron chi connectivity index (χ2n) is 4.47. The van der Waals surface area contributed by atoms with Gasteiger partial charge < -0.3 is 4.74 Å². The minimum absolute atomic E-state index is 0.0884. The summed E-state index contributed by atoms with van der Waals surface area (Å²) in [7, 11) is 0. The monoisotopic (exact) mass is 242 g/mol. The summed E-state index contributed by atoms with van der Waals surface area (Å²) < 4.78 is 5.21. The SMILES string of the molecule is O=C(Nc1ccc2ccccc2n1)OC1CCC1. The van der Waals surface area contributed by atoms with Gasteiger partial charge in [0.05, 0.1) is 5.52 Å². The summed E-state index contributed by atoms with van der Waals surface area (Å²) in [5, 5.41) is 3.71. The Hall–Kier alpha value is -2.10. The summed E-state index contributed by atoms with van der Waals surface area (Å²) >= 11 is 0. The van der Waals surface area contributed by atoms with Crippen LogP contribution in [-0.4, -0.2) is 17.2 Å². The summed E-state index contributed by atoms with van der Waals surface area (Å²) in [5.41, 5.74) is 0.860. The van der Waals surface area contributed by atoms with Crippen molar-refractivity contribution in [3.05, 3.63) is 36.4 Å². The van der Waals surface area contributed by atoms with Gasteiger partial charge in [-0.1, -0.05) is 18.2 Å². The summed E-state index contributed by atoms with van der Waals surface area (Å²) in [6, 6.07) is 11.5. The van der Waals surface area contributed by atoms with Gasteiger partial charge in [0.25, 0.3) is 0 Å². The molecule has 1 aromatic carbocycles. The van der Waals surface area contributed by atoms with Crippen LogP contribution in [0.15, 0.2) is 36.4 Å². The zero-order valence-corrected chi connectivity index (χ0v) is 9.93. The Bertz CT molecular complexity index is 579. The van der Waals surface area contributed by atoms with Gasteiger partial charge in [-0.15, -0.1) is 0 Å². The average molecular weight is 242 g/mol. The maximum absolute atomic E-state index is 11.6. The molecule has 0 radical (unpaired) electrons. The van der Waals surface area contributed by atoms with E-state index in [0.29, 0.717) is 5.82 Å². The first kappa shape index (κ1) is 11.0. The molecule has 1 saturated carbocycles. The molecule has 1 amide bonds. The maximum Gasteiger partial charge on any atom is 0.413 e. The van der Waals surface area contributed by atoms with E-state index in [-0.39, 0.29) is 6.10 Å². The highest BCUT2D eigenvalue weighted by Crippen LogP contribution is 2.22. The fourth-order valence-electron chi connectivity index (χ4n) is 1.91. The molecule has 0 atom stereocenters. The number of amides is 1. The normalized spacial score (nSPS) is 15.1. The van der Waals surface area contributed by atoms with Crippen molar-refractivity contribution in [2.24, 2.45) is 0 Å². The third-order valence-electron chi connectivity index (χ3n) is 3.15. The van der Waals surface area contributed by atoms with E-state index in [2.05, 4.69) is 10.3 Å². The second kappa shape index (κ2) is 4.64. The highest BCUT2D eigenvalue weighted by atomic mass is 16.6. The molecular formula is C14H14N2O2. The largest absolute Gasteiger partial charge is 0.446 e. The first-order chi connectivity index (χ1) is 8.81. The third-order valence-corrected chi connectivity index (χ3v) is 3.15. The van der Waals surface area contributed by atoms with Crippen molar-refractivity contribution in [1.82, 2.24) is 4.98 Å². The Balaban J connectivity index is 1.71. The Morgan fingerprint density at radius 2 is 2.06 bits per heavy atom. The molecule has 0 unspecified atom stereocenters. The van der Waals surface area contributed by atoms with E-state index in [1.165, 1.54) is 0 Å². The minimum atomic E-state index is -0.414. The number of carbonyl (C=O) groups excluding carboxylic acids is 1. The van der Waals surface area contributed by atoms with Crippen LogP contribution in [0.2, 0.25) is 0 Å². The van der Waals surface area contributed by atoms with Crippen LogP contribution in [0, 0.1) is 0 Å². The Morgan fingerprint density at radius 1 is 1.22 bits per heavy atom. The molecule has 4 heteroatoms. The zero-order valence-electron chi connectivity index (χ0n) is 9.93. The molecule has 1 aromatic heterocycles. The molecule has 1 heterocycles. The lowest BCUT2D eigenvalue weighted by Crippen LogP contribution is -2.27. The highest BCUT2D eigenvalue weighted by Gasteiger charge is 2.21. The van der Waals surface area contributed by atoms with Gasteiger partial charge in [0.15, 0.2) is 0 Å². The topological polar surface area (TPSA) is 51.2 Å². The highest BCUT2D eigenvalue weighted by molar-refractivity contribution is 5.86. The van der Waals surface area contributed by atoms with Crippen molar-refractivity contribution in [3.8, 4) is 0 Å². The minimum Gasteiger partial charge on any atom is -0.446 e. The summed E-state index contributed by atoms with van der Waals surface area (Å²) in [6.45, 7) is 0. The molecule has 4 nitrogen and oxygen atoms in total. The Morgan fingerprint density at radius 3 is 2.83 bits per heavy atom. The molecular weight excluding hydrogens is 228 g/mol. The summed E-state index contributed by atoms with van der Waals surface area (Å²) in [4.78, 5) is 15.9. The molecule has 18 heavy (non-hydrogen) atoms. The van der Waals surface area contributed by atoms with Crippen molar-refractivity contribution in [1.29, 1.82) is 0 Å². The van der Waals surface area contributed by atoms with Gasteiger partial charge in [-0.3, -0.25) is 5.32 Å². The number of hydrogen-bond donors (Lipinski definition) is 1. The van der Waals surface area contributed by atoms with Crippen molar-refractivity contribution in [2.45, 2.75) is 25.4 Å². The summed E-state index contributed by atoms with van der Waals surface area (Å²) in [6.07, 6.45) is 2.76. The Kier molecular flexibility index (Phi) is 2.84. The number of para-hydroxylation sites is 1. The first-order valence-corrected chi connectivity index (χ1v) is 6.15. The van der Waals surface area contributed by atoms with Crippen LogP contribution in [0.1, 0.15) is 19.3 Å². The van der Waals surface area contributed by atoms with E-state index < -0.39 is 6.09 Å². The molecule has 2 aromatic rings. The van der Waals surface area contributed by atoms with E-state index in [1.54, 1.807) is 6.07 Å². The molecule has 3 rings (SSSR count).